The SMILES string of the molecule is COC(=O)c1ccc(COC2CCOC2)cc1. The van der Waals surface area contributed by atoms with E-state index in [1.165, 1.54) is 7.11 Å². The molecule has 1 unspecified atom stereocenters. The lowest BCUT2D eigenvalue weighted by Crippen LogP contribution is -2.12. The van der Waals surface area contributed by atoms with Gasteiger partial charge in [-0.25, -0.2) is 4.79 Å². The van der Waals surface area contributed by atoms with Crippen molar-refractivity contribution in [3.05, 3.63) is 35.4 Å². The summed E-state index contributed by atoms with van der Waals surface area (Å²) in [5.74, 6) is -0.318. The van der Waals surface area contributed by atoms with Crippen LogP contribution in [-0.4, -0.2) is 32.4 Å². The first kappa shape index (κ1) is 12.1. The van der Waals surface area contributed by atoms with Gasteiger partial charge in [0.2, 0.25) is 0 Å². The van der Waals surface area contributed by atoms with Crippen molar-refractivity contribution in [1.82, 2.24) is 0 Å². The largest absolute Gasteiger partial charge is 0.465 e. The predicted octanol–water partition coefficient (Wildman–Crippen LogP) is 1.78. The molecule has 0 aromatic heterocycles. The van der Waals surface area contributed by atoms with Crippen molar-refractivity contribution in [2.45, 2.75) is 19.1 Å². The lowest BCUT2D eigenvalue weighted by molar-refractivity contribution is 0.0317. The Labute approximate surface area is 100 Å². The summed E-state index contributed by atoms with van der Waals surface area (Å²) < 4.78 is 15.5. The van der Waals surface area contributed by atoms with Gasteiger partial charge < -0.3 is 14.2 Å². The van der Waals surface area contributed by atoms with Gasteiger partial charge in [0.25, 0.3) is 0 Å². The van der Waals surface area contributed by atoms with E-state index in [4.69, 9.17) is 9.47 Å². The molecule has 0 amide bonds. The van der Waals surface area contributed by atoms with Crippen LogP contribution < -0.4 is 0 Å². The van der Waals surface area contributed by atoms with E-state index >= 15 is 0 Å². The number of hydrogen-bond acceptors (Lipinski definition) is 4. The zero-order valence-corrected chi connectivity index (χ0v) is 9.85. The van der Waals surface area contributed by atoms with Crippen LogP contribution in [0.25, 0.3) is 0 Å². The average Bonchev–Trinajstić information content (AvgIpc) is 2.89. The van der Waals surface area contributed by atoms with E-state index in [-0.39, 0.29) is 12.1 Å². The van der Waals surface area contributed by atoms with Gasteiger partial charge in [-0.1, -0.05) is 12.1 Å². The number of carbonyl (C=O) groups is 1. The molecule has 1 saturated heterocycles. The first-order valence-electron chi connectivity index (χ1n) is 5.66. The Morgan fingerprint density at radius 2 is 2.18 bits per heavy atom. The van der Waals surface area contributed by atoms with E-state index in [1.807, 2.05) is 12.1 Å². The fraction of sp³-hybridized carbons (Fsp3) is 0.462. The van der Waals surface area contributed by atoms with E-state index in [2.05, 4.69) is 4.74 Å². The van der Waals surface area contributed by atoms with E-state index in [0.29, 0.717) is 18.8 Å². The van der Waals surface area contributed by atoms with Crippen LogP contribution in [0.1, 0.15) is 22.3 Å². The van der Waals surface area contributed by atoms with Crippen molar-refractivity contribution in [2.75, 3.05) is 20.3 Å². The lowest BCUT2D eigenvalue weighted by Gasteiger charge is -2.09. The van der Waals surface area contributed by atoms with Crippen LogP contribution in [-0.2, 0) is 20.8 Å². The Bertz CT molecular complexity index is 366. The van der Waals surface area contributed by atoms with E-state index in [0.717, 1.165) is 18.6 Å². The highest BCUT2D eigenvalue weighted by Gasteiger charge is 2.15. The topological polar surface area (TPSA) is 44.8 Å². The summed E-state index contributed by atoms with van der Waals surface area (Å²) >= 11 is 0. The number of carbonyl (C=O) groups excluding carboxylic acids is 1. The molecule has 17 heavy (non-hydrogen) atoms. The maximum absolute atomic E-state index is 11.2. The highest BCUT2D eigenvalue weighted by molar-refractivity contribution is 5.89. The highest BCUT2D eigenvalue weighted by Crippen LogP contribution is 2.12. The lowest BCUT2D eigenvalue weighted by atomic mass is 10.1. The normalized spacial score (nSPS) is 19.2. The molecular weight excluding hydrogens is 220 g/mol. The summed E-state index contributed by atoms with van der Waals surface area (Å²) in [7, 11) is 1.37. The van der Waals surface area contributed by atoms with E-state index in [1.54, 1.807) is 12.1 Å². The molecule has 1 aromatic carbocycles. The Morgan fingerprint density at radius 1 is 1.41 bits per heavy atom. The second-order valence-electron chi connectivity index (χ2n) is 3.99. The molecule has 4 nitrogen and oxygen atoms in total. The summed E-state index contributed by atoms with van der Waals surface area (Å²) in [6, 6.07) is 7.25. The molecule has 0 radical (unpaired) electrons. The molecule has 0 spiro atoms. The molecule has 1 aliphatic heterocycles. The van der Waals surface area contributed by atoms with Crippen molar-refractivity contribution in [3.8, 4) is 0 Å². The van der Waals surface area contributed by atoms with E-state index in [9.17, 15) is 4.79 Å². The minimum Gasteiger partial charge on any atom is -0.465 e. The Hall–Kier alpha value is -1.39. The molecule has 0 aliphatic carbocycles. The van der Waals surface area contributed by atoms with Gasteiger partial charge in [-0.05, 0) is 24.1 Å². The maximum atomic E-state index is 11.2. The van der Waals surface area contributed by atoms with Gasteiger partial charge in [-0.15, -0.1) is 0 Å². The van der Waals surface area contributed by atoms with Crippen LogP contribution in [0.2, 0.25) is 0 Å². The fourth-order valence-electron chi connectivity index (χ4n) is 1.71. The van der Waals surface area contributed by atoms with Crippen molar-refractivity contribution in [1.29, 1.82) is 0 Å². The third-order valence-corrected chi connectivity index (χ3v) is 2.75. The molecule has 92 valence electrons. The Kier molecular flexibility index (Phi) is 4.12. The molecule has 1 atom stereocenters. The first-order chi connectivity index (χ1) is 8.29. The van der Waals surface area contributed by atoms with Crippen molar-refractivity contribution >= 4 is 5.97 Å². The van der Waals surface area contributed by atoms with Crippen molar-refractivity contribution in [3.63, 3.8) is 0 Å². The monoisotopic (exact) mass is 236 g/mol. The molecule has 0 saturated carbocycles. The van der Waals surface area contributed by atoms with Crippen LogP contribution in [0.3, 0.4) is 0 Å². The summed E-state index contributed by atoms with van der Waals surface area (Å²) in [5.41, 5.74) is 1.60. The molecule has 4 heteroatoms. The molecule has 1 aromatic rings. The summed E-state index contributed by atoms with van der Waals surface area (Å²) in [6.45, 7) is 2.02. The smallest absolute Gasteiger partial charge is 0.337 e. The quantitative estimate of drug-likeness (QED) is 0.747. The van der Waals surface area contributed by atoms with Crippen LogP contribution in [0.4, 0.5) is 0 Å². The third kappa shape index (κ3) is 3.28. The van der Waals surface area contributed by atoms with Crippen LogP contribution in [0.5, 0.6) is 0 Å². The molecule has 0 bridgehead atoms. The average molecular weight is 236 g/mol. The minimum atomic E-state index is -0.318. The van der Waals surface area contributed by atoms with Crippen molar-refractivity contribution < 1.29 is 19.0 Å². The summed E-state index contributed by atoms with van der Waals surface area (Å²) in [5, 5.41) is 0. The molecule has 2 rings (SSSR count). The highest BCUT2D eigenvalue weighted by atomic mass is 16.5. The molecule has 1 fully saturated rings. The standard InChI is InChI=1S/C13H16O4/c1-15-13(14)11-4-2-10(3-5-11)8-17-12-6-7-16-9-12/h2-5,12H,6-9H2,1H3. The molecular formula is C13H16O4. The number of rotatable bonds is 4. The summed E-state index contributed by atoms with van der Waals surface area (Å²) in [4.78, 5) is 11.2. The molecule has 1 heterocycles. The number of hydrogen-bond donors (Lipinski definition) is 0. The second-order valence-corrected chi connectivity index (χ2v) is 3.99. The van der Waals surface area contributed by atoms with Gasteiger partial charge >= 0.3 is 5.97 Å². The number of benzene rings is 1. The minimum absolute atomic E-state index is 0.204. The molecule has 1 aliphatic rings. The van der Waals surface area contributed by atoms with Gasteiger partial charge in [0.15, 0.2) is 0 Å². The number of esters is 1. The van der Waals surface area contributed by atoms with Gasteiger partial charge in [0, 0.05) is 6.61 Å². The fourth-order valence-corrected chi connectivity index (χ4v) is 1.71. The van der Waals surface area contributed by atoms with Gasteiger partial charge in [0.1, 0.15) is 0 Å². The van der Waals surface area contributed by atoms with Crippen molar-refractivity contribution in [2.24, 2.45) is 0 Å². The van der Waals surface area contributed by atoms with E-state index < -0.39 is 0 Å². The Balaban J connectivity index is 1.87. The number of methoxy groups -OCH3 is 1. The van der Waals surface area contributed by atoms with Crippen LogP contribution in [0.15, 0.2) is 24.3 Å². The summed E-state index contributed by atoms with van der Waals surface area (Å²) in [6.07, 6.45) is 1.16. The molecule has 0 N–H and O–H groups in total. The second kappa shape index (κ2) is 5.80. The van der Waals surface area contributed by atoms with Crippen LogP contribution >= 0.6 is 0 Å². The van der Waals surface area contributed by atoms with Gasteiger partial charge in [-0.3, -0.25) is 0 Å². The number of ether oxygens (including phenoxy) is 3. The first-order valence-corrected chi connectivity index (χ1v) is 5.66. The third-order valence-electron chi connectivity index (χ3n) is 2.75. The Morgan fingerprint density at radius 3 is 2.76 bits per heavy atom. The van der Waals surface area contributed by atoms with Gasteiger partial charge in [-0.2, -0.15) is 0 Å². The maximum Gasteiger partial charge on any atom is 0.337 e. The van der Waals surface area contributed by atoms with Crippen LogP contribution in [0, 0.1) is 0 Å². The zero-order chi connectivity index (χ0) is 12.1. The zero-order valence-electron chi connectivity index (χ0n) is 9.85. The van der Waals surface area contributed by atoms with Gasteiger partial charge in [0.05, 0.1) is 32.0 Å². The predicted molar refractivity (Wildman–Crippen MR) is 61.8 cm³/mol.